The minimum Gasteiger partial charge on any atom is -0.379 e. The molecule has 9 heteroatoms. The predicted molar refractivity (Wildman–Crippen MR) is 74.2 cm³/mol. The Morgan fingerprint density at radius 2 is 1.90 bits per heavy atom. The van der Waals surface area contributed by atoms with E-state index >= 15 is 0 Å². The average Bonchev–Trinajstić information content (AvgIpc) is 2.85. The molecule has 1 aromatic heterocycles. The first-order chi connectivity index (χ1) is 9.97. The van der Waals surface area contributed by atoms with E-state index in [1.807, 2.05) is 0 Å². The van der Waals surface area contributed by atoms with E-state index in [1.165, 1.54) is 0 Å². The fourth-order valence-corrected chi connectivity index (χ4v) is 1.70. The van der Waals surface area contributed by atoms with Gasteiger partial charge in [-0.05, 0) is 34.9 Å². The van der Waals surface area contributed by atoms with Crippen molar-refractivity contribution in [3.05, 3.63) is 35.5 Å². The molecule has 0 aliphatic heterocycles. The van der Waals surface area contributed by atoms with Crippen molar-refractivity contribution in [2.24, 2.45) is 5.73 Å². The van der Waals surface area contributed by atoms with Crippen molar-refractivity contribution in [3.63, 3.8) is 0 Å². The topological polar surface area (TPSA) is 149 Å². The number of primary amides is 1. The third kappa shape index (κ3) is 3.47. The summed E-state index contributed by atoms with van der Waals surface area (Å²) in [5, 5.41) is 11.9. The van der Waals surface area contributed by atoms with Crippen LogP contribution in [0.2, 0.25) is 0 Å². The number of anilines is 2. The Balaban J connectivity index is 2.03. The lowest BCUT2D eigenvalue weighted by atomic mass is 10.1. The van der Waals surface area contributed by atoms with Crippen LogP contribution in [-0.2, 0) is 0 Å². The van der Waals surface area contributed by atoms with Crippen LogP contribution < -0.4 is 22.1 Å². The van der Waals surface area contributed by atoms with Gasteiger partial charge < -0.3 is 22.1 Å². The van der Waals surface area contributed by atoms with E-state index in [0.717, 1.165) is 5.56 Å². The third-order valence-electron chi connectivity index (χ3n) is 2.75. The van der Waals surface area contributed by atoms with Gasteiger partial charge in [0.05, 0.1) is 6.04 Å². The number of nitrogens with two attached hydrogens (primary N) is 2. The lowest BCUT2D eigenvalue weighted by Gasteiger charge is -2.14. The van der Waals surface area contributed by atoms with Gasteiger partial charge in [0.25, 0.3) is 5.91 Å². The van der Waals surface area contributed by atoms with Gasteiger partial charge in [0, 0.05) is 5.69 Å². The van der Waals surface area contributed by atoms with Gasteiger partial charge in [-0.25, -0.2) is 9.42 Å². The quantitative estimate of drug-likeness (QED) is 0.648. The number of carbonyl (C=O) groups is 2. The molecule has 0 aliphatic rings. The van der Waals surface area contributed by atoms with E-state index in [0.29, 0.717) is 5.69 Å². The van der Waals surface area contributed by atoms with Gasteiger partial charge in [0.15, 0.2) is 0 Å². The number of hydrogen-bond donors (Lipinski definition) is 4. The van der Waals surface area contributed by atoms with Gasteiger partial charge in [-0.15, -0.1) is 0 Å². The summed E-state index contributed by atoms with van der Waals surface area (Å²) in [7, 11) is 0. The van der Waals surface area contributed by atoms with Gasteiger partial charge in [-0.2, -0.15) is 0 Å². The molecule has 1 atom stereocenters. The highest BCUT2D eigenvalue weighted by Gasteiger charge is 2.18. The highest BCUT2D eigenvalue weighted by atomic mass is 16.6. The van der Waals surface area contributed by atoms with Crippen molar-refractivity contribution in [1.29, 1.82) is 0 Å². The zero-order valence-corrected chi connectivity index (χ0v) is 11.2. The van der Waals surface area contributed by atoms with Crippen molar-refractivity contribution >= 4 is 23.4 Å². The van der Waals surface area contributed by atoms with Crippen LogP contribution in [0.15, 0.2) is 28.9 Å². The number of amides is 3. The summed E-state index contributed by atoms with van der Waals surface area (Å²) >= 11 is 0. The number of benzene rings is 1. The minimum absolute atomic E-state index is 0.0612. The van der Waals surface area contributed by atoms with Gasteiger partial charge in [0.1, 0.15) is 0 Å². The Morgan fingerprint density at radius 1 is 1.24 bits per heavy atom. The van der Waals surface area contributed by atoms with Gasteiger partial charge in [-0.3, -0.25) is 4.79 Å². The molecular formula is C12H14N6O3. The standard InChI is InChI=1S/C12H14N6O3/c1-6(15-11(19)9-10(13)18-21-17-9)7-2-4-8(5-3-7)16-12(14)20/h2-6H,1H3,(H2,13,18)(H,15,19)(H3,14,16,20). The van der Waals surface area contributed by atoms with Crippen LogP contribution in [0.4, 0.5) is 16.3 Å². The van der Waals surface area contributed by atoms with E-state index in [1.54, 1.807) is 31.2 Å². The third-order valence-corrected chi connectivity index (χ3v) is 2.75. The molecule has 1 unspecified atom stereocenters. The first-order valence-corrected chi connectivity index (χ1v) is 6.02. The maximum atomic E-state index is 11.9. The van der Waals surface area contributed by atoms with Gasteiger partial charge >= 0.3 is 6.03 Å². The molecule has 0 saturated carbocycles. The smallest absolute Gasteiger partial charge is 0.316 e. The molecule has 0 bridgehead atoms. The SMILES string of the molecule is CC(NC(=O)c1nonc1N)c1ccc(NC(N)=O)cc1. The van der Waals surface area contributed by atoms with Crippen molar-refractivity contribution in [1.82, 2.24) is 15.6 Å². The van der Waals surface area contributed by atoms with E-state index < -0.39 is 11.9 Å². The average molecular weight is 290 g/mol. The molecule has 1 aromatic carbocycles. The fraction of sp³-hybridized carbons (Fsp3) is 0.167. The number of aromatic nitrogens is 2. The lowest BCUT2D eigenvalue weighted by Crippen LogP contribution is -2.27. The number of hydrogen-bond acceptors (Lipinski definition) is 6. The molecule has 0 radical (unpaired) electrons. The van der Waals surface area contributed by atoms with Crippen molar-refractivity contribution < 1.29 is 14.2 Å². The van der Waals surface area contributed by atoms with E-state index in [2.05, 4.69) is 25.6 Å². The summed E-state index contributed by atoms with van der Waals surface area (Å²) in [5.74, 6) is -0.554. The molecule has 0 aliphatic carbocycles. The Labute approximate surface area is 119 Å². The summed E-state index contributed by atoms with van der Waals surface area (Å²) in [6, 6.07) is 5.92. The normalized spacial score (nSPS) is 11.7. The van der Waals surface area contributed by atoms with Crippen molar-refractivity contribution in [3.8, 4) is 0 Å². The molecule has 21 heavy (non-hydrogen) atoms. The molecule has 0 fully saturated rings. The Kier molecular flexibility index (Phi) is 4.02. The van der Waals surface area contributed by atoms with Crippen LogP contribution in [0.5, 0.6) is 0 Å². The van der Waals surface area contributed by atoms with E-state index in [4.69, 9.17) is 11.5 Å². The second-order valence-electron chi connectivity index (χ2n) is 4.30. The zero-order valence-electron chi connectivity index (χ0n) is 11.2. The van der Waals surface area contributed by atoms with Crippen LogP contribution in [-0.4, -0.2) is 22.3 Å². The Bertz CT molecular complexity index is 651. The summed E-state index contributed by atoms with van der Waals surface area (Å²) in [6.45, 7) is 1.79. The van der Waals surface area contributed by atoms with Crippen LogP contribution in [0.3, 0.4) is 0 Å². The van der Waals surface area contributed by atoms with Crippen molar-refractivity contribution in [2.75, 3.05) is 11.1 Å². The first kappa shape index (κ1) is 14.3. The van der Waals surface area contributed by atoms with Crippen LogP contribution in [0.25, 0.3) is 0 Å². The van der Waals surface area contributed by atoms with Crippen molar-refractivity contribution in [2.45, 2.75) is 13.0 Å². The molecule has 0 spiro atoms. The number of nitrogen functional groups attached to an aromatic ring is 1. The number of carbonyl (C=O) groups excluding carboxylic acids is 2. The predicted octanol–water partition coefficient (Wildman–Crippen LogP) is 0.633. The second kappa shape index (κ2) is 5.90. The molecule has 2 aromatic rings. The molecular weight excluding hydrogens is 276 g/mol. The van der Waals surface area contributed by atoms with E-state index in [-0.39, 0.29) is 17.6 Å². The maximum absolute atomic E-state index is 11.9. The highest BCUT2D eigenvalue weighted by molar-refractivity contribution is 5.96. The minimum atomic E-state index is -0.641. The number of rotatable bonds is 4. The molecule has 0 saturated heterocycles. The second-order valence-corrected chi connectivity index (χ2v) is 4.30. The molecule has 9 nitrogen and oxygen atoms in total. The molecule has 6 N–H and O–H groups in total. The summed E-state index contributed by atoms with van der Waals surface area (Å²) in [6.07, 6.45) is 0. The van der Waals surface area contributed by atoms with E-state index in [9.17, 15) is 9.59 Å². The monoisotopic (exact) mass is 290 g/mol. The maximum Gasteiger partial charge on any atom is 0.316 e. The number of nitrogens with zero attached hydrogens (tertiary/aromatic N) is 2. The first-order valence-electron chi connectivity index (χ1n) is 6.02. The van der Waals surface area contributed by atoms with Crippen LogP contribution >= 0.6 is 0 Å². The largest absolute Gasteiger partial charge is 0.379 e. The Hall–Kier alpha value is -3.10. The van der Waals surface area contributed by atoms with Crippen LogP contribution in [0.1, 0.15) is 29.0 Å². The summed E-state index contributed by atoms with van der Waals surface area (Å²) < 4.78 is 4.37. The summed E-state index contributed by atoms with van der Waals surface area (Å²) in [4.78, 5) is 22.6. The molecule has 1 heterocycles. The van der Waals surface area contributed by atoms with Gasteiger partial charge in [0.2, 0.25) is 11.5 Å². The number of nitrogens with one attached hydrogen (secondary N) is 2. The summed E-state index contributed by atoms with van der Waals surface area (Å²) in [5.41, 5.74) is 11.8. The molecule has 110 valence electrons. The number of urea groups is 1. The zero-order chi connectivity index (χ0) is 15.4. The highest BCUT2D eigenvalue weighted by Crippen LogP contribution is 2.17. The van der Waals surface area contributed by atoms with Gasteiger partial charge in [-0.1, -0.05) is 12.1 Å². The molecule has 2 rings (SSSR count). The van der Waals surface area contributed by atoms with Crippen LogP contribution in [0, 0.1) is 0 Å². The fourth-order valence-electron chi connectivity index (χ4n) is 1.70. The molecule has 3 amide bonds. The Morgan fingerprint density at radius 3 is 2.43 bits per heavy atom. The lowest BCUT2D eigenvalue weighted by molar-refractivity contribution is 0.0930.